The molecule has 196 valence electrons. The van der Waals surface area contributed by atoms with E-state index < -0.39 is 5.41 Å². The van der Waals surface area contributed by atoms with Gasteiger partial charge in [0, 0.05) is 22.2 Å². The molecule has 3 aliphatic rings. The summed E-state index contributed by atoms with van der Waals surface area (Å²) in [5, 5.41) is 6.82. The maximum Gasteiger partial charge on any atom is 0.234 e. The van der Waals surface area contributed by atoms with Gasteiger partial charge in [0.1, 0.15) is 11.7 Å². The number of nitrogens with one attached hydrogen (secondary N) is 3. The van der Waals surface area contributed by atoms with E-state index >= 15 is 0 Å². The summed E-state index contributed by atoms with van der Waals surface area (Å²) < 4.78 is 14.3. The van der Waals surface area contributed by atoms with Crippen molar-refractivity contribution in [1.82, 2.24) is 10.4 Å². The van der Waals surface area contributed by atoms with Crippen molar-refractivity contribution in [2.45, 2.75) is 25.8 Å². The van der Waals surface area contributed by atoms with Crippen LogP contribution in [0.1, 0.15) is 19.8 Å². The first kappa shape index (κ1) is 25.0. The van der Waals surface area contributed by atoms with Crippen LogP contribution in [0.25, 0.3) is 22.0 Å². The van der Waals surface area contributed by atoms with Crippen molar-refractivity contribution in [3.05, 3.63) is 102 Å². The maximum atomic E-state index is 14.3. The Kier molecular flexibility index (Phi) is 6.70. The van der Waals surface area contributed by atoms with Gasteiger partial charge in [-0.3, -0.25) is 20.6 Å². The SMILES string of the molecule is CC1(C(=O)Nc2nc(-c3ccc(F)c4ccccc34)cs2)CC2/C=C\C=C/CC1N=C2NNc1ccccc1. The predicted octanol–water partition coefficient (Wildman–Crippen LogP) is 6.97. The zero-order valence-corrected chi connectivity index (χ0v) is 22.2. The number of benzene rings is 3. The number of aliphatic imine (C=N–C) groups is 1. The second-order valence-electron chi connectivity index (χ2n) is 10.1. The Hall–Kier alpha value is -4.30. The number of carbonyl (C=O) groups excluding carboxylic acids is 1. The lowest BCUT2D eigenvalue weighted by Gasteiger charge is -2.40. The largest absolute Gasteiger partial charge is 0.301 e. The van der Waals surface area contributed by atoms with E-state index in [9.17, 15) is 9.18 Å². The summed E-state index contributed by atoms with van der Waals surface area (Å²) in [6.07, 6.45) is 9.44. The van der Waals surface area contributed by atoms with Crippen LogP contribution in [0.3, 0.4) is 0 Å². The van der Waals surface area contributed by atoms with Crippen molar-refractivity contribution in [2.24, 2.45) is 16.3 Å². The van der Waals surface area contributed by atoms with E-state index in [0.717, 1.165) is 22.5 Å². The lowest BCUT2D eigenvalue weighted by Crippen LogP contribution is -2.51. The molecule has 0 saturated carbocycles. The molecule has 3 aromatic carbocycles. The van der Waals surface area contributed by atoms with Crippen molar-refractivity contribution in [2.75, 3.05) is 10.7 Å². The Morgan fingerprint density at radius 3 is 2.64 bits per heavy atom. The maximum absolute atomic E-state index is 14.3. The number of halogens is 1. The zero-order valence-electron chi connectivity index (χ0n) is 21.4. The van der Waals surface area contributed by atoms with Gasteiger partial charge in [-0.15, -0.1) is 11.3 Å². The summed E-state index contributed by atoms with van der Waals surface area (Å²) in [6.45, 7) is 1.99. The van der Waals surface area contributed by atoms with E-state index in [-0.39, 0.29) is 23.7 Å². The highest BCUT2D eigenvalue weighted by molar-refractivity contribution is 7.14. The Labute approximate surface area is 230 Å². The molecule has 8 heteroatoms. The van der Waals surface area contributed by atoms with E-state index in [1.165, 1.54) is 17.4 Å². The fraction of sp³-hybridized carbons (Fsp3) is 0.194. The number of aromatic nitrogens is 1. The molecule has 1 aliphatic carbocycles. The number of hydrogen-bond donors (Lipinski definition) is 3. The third-order valence-electron chi connectivity index (χ3n) is 7.47. The molecule has 0 saturated heterocycles. The van der Waals surface area contributed by atoms with Crippen LogP contribution in [0.5, 0.6) is 0 Å². The molecule has 1 aromatic heterocycles. The van der Waals surface area contributed by atoms with Crippen molar-refractivity contribution >= 4 is 44.7 Å². The average Bonchev–Trinajstić information content (AvgIpc) is 3.46. The summed E-state index contributed by atoms with van der Waals surface area (Å²) in [7, 11) is 0. The van der Waals surface area contributed by atoms with E-state index in [4.69, 9.17) is 9.98 Å². The van der Waals surface area contributed by atoms with Crippen molar-refractivity contribution in [3.8, 4) is 11.3 Å². The lowest BCUT2D eigenvalue weighted by molar-refractivity contribution is -0.126. The smallest absolute Gasteiger partial charge is 0.234 e. The number of amidine groups is 1. The van der Waals surface area contributed by atoms with E-state index in [1.807, 2.05) is 73.0 Å². The summed E-state index contributed by atoms with van der Waals surface area (Å²) >= 11 is 1.36. The number of hydrazine groups is 1. The Morgan fingerprint density at radius 1 is 1.00 bits per heavy atom. The monoisotopic (exact) mass is 537 g/mol. The Morgan fingerprint density at radius 2 is 1.79 bits per heavy atom. The highest BCUT2D eigenvalue weighted by atomic mass is 32.1. The highest BCUT2D eigenvalue weighted by Crippen LogP contribution is 2.41. The van der Waals surface area contributed by atoms with E-state index in [2.05, 4.69) is 28.3 Å². The van der Waals surface area contributed by atoms with Crippen molar-refractivity contribution < 1.29 is 9.18 Å². The van der Waals surface area contributed by atoms with Gasteiger partial charge in [0.2, 0.25) is 5.91 Å². The standard InChI is InChI=1S/C31H28FN5OS/c1-31(18-20-10-4-2-7-15-27(31)34-28(20)37-36-21-11-5-3-6-12-21)29(38)35-30-33-26(19-39-30)24-16-17-25(32)23-14-9-8-13-22(23)24/h2-14,16-17,19-20,27,36H,15,18H2,1H3,(H,34,37)(H,33,35,38)/b7-2-,10-4-. The molecule has 0 fully saturated rings. The third kappa shape index (κ3) is 4.95. The van der Waals surface area contributed by atoms with Gasteiger partial charge in [-0.05, 0) is 49.4 Å². The second kappa shape index (κ2) is 10.5. The number of carbonyl (C=O) groups is 1. The predicted molar refractivity (Wildman–Crippen MR) is 157 cm³/mol. The number of fused-ring (bicyclic) bond motifs is 4. The first-order chi connectivity index (χ1) is 19.0. The van der Waals surface area contributed by atoms with Gasteiger partial charge in [0.15, 0.2) is 5.13 Å². The molecular weight excluding hydrogens is 509 g/mol. The van der Waals surface area contributed by atoms with Crippen LogP contribution >= 0.6 is 11.3 Å². The topological polar surface area (TPSA) is 78.4 Å². The van der Waals surface area contributed by atoms with Gasteiger partial charge >= 0.3 is 0 Å². The van der Waals surface area contributed by atoms with E-state index in [0.29, 0.717) is 29.1 Å². The van der Waals surface area contributed by atoms with Gasteiger partial charge in [0.05, 0.1) is 22.8 Å². The molecular formula is C31H28FN5OS. The summed E-state index contributed by atoms with van der Waals surface area (Å²) in [4.78, 5) is 23.5. The number of hydrogen-bond acceptors (Lipinski definition) is 6. The lowest BCUT2D eigenvalue weighted by atomic mass is 9.71. The zero-order chi connectivity index (χ0) is 26.8. The summed E-state index contributed by atoms with van der Waals surface area (Å²) in [5.74, 6) is 0.379. The molecule has 4 aromatic rings. The summed E-state index contributed by atoms with van der Waals surface area (Å²) in [5.41, 5.74) is 8.25. The van der Waals surface area contributed by atoms with Crippen LogP contribution in [0.2, 0.25) is 0 Å². The molecule has 3 unspecified atom stereocenters. The third-order valence-corrected chi connectivity index (χ3v) is 8.23. The van der Waals surface area contributed by atoms with Crippen LogP contribution in [0.15, 0.2) is 101 Å². The first-order valence-corrected chi connectivity index (χ1v) is 13.8. The molecule has 3 atom stereocenters. The molecule has 39 heavy (non-hydrogen) atoms. The second-order valence-corrected chi connectivity index (χ2v) is 10.9. The average molecular weight is 538 g/mol. The van der Waals surface area contributed by atoms with Crippen LogP contribution < -0.4 is 16.2 Å². The number of anilines is 2. The molecule has 1 amide bonds. The fourth-order valence-electron chi connectivity index (χ4n) is 5.26. The molecule has 2 aliphatic heterocycles. The molecule has 6 nitrogen and oxygen atoms in total. The number of allylic oxidation sites excluding steroid dienone is 2. The quantitative estimate of drug-likeness (QED) is 0.240. The Balaban J connectivity index is 1.24. The fourth-order valence-corrected chi connectivity index (χ4v) is 5.96. The molecule has 3 N–H and O–H groups in total. The van der Waals surface area contributed by atoms with Crippen LogP contribution in [-0.2, 0) is 4.79 Å². The van der Waals surface area contributed by atoms with Crippen LogP contribution in [-0.4, -0.2) is 22.8 Å². The molecule has 3 heterocycles. The Bertz CT molecular complexity index is 1610. The molecule has 2 bridgehead atoms. The van der Waals surface area contributed by atoms with Gasteiger partial charge in [-0.1, -0.05) is 66.8 Å². The van der Waals surface area contributed by atoms with Gasteiger partial charge in [-0.2, -0.15) is 0 Å². The number of amides is 1. The first-order valence-electron chi connectivity index (χ1n) is 12.9. The number of nitrogens with zero attached hydrogens (tertiary/aromatic N) is 2. The van der Waals surface area contributed by atoms with Gasteiger partial charge in [-0.25, -0.2) is 9.37 Å². The highest BCUT2D eigenvalue weighted by Gasteiger charge is 2.46. The minimum absolute atomic E-state index is 0.0617. The van der Waals surface area contributed by atoms with Gasteiger partial charge in [0.25, 0.3) is 0 Å². The van der Waals surface area contributed by atoms with Crippen molar-refractivity contribution in [3.63, 3.8) is 0 Å². The number of thiazole rings is 1. The minimum Gasteiger partial charge on any atom is -0.301 e. The van der Waals surface area contributed by atoms with Crippen LogP contribution in [0, 0.1) is 17.2 Å². The number of para-hydroxylation sites is 1. The number of rotatable bonds is 5. The van der Waals surface area contributed by atoms with Gasteiger partial charge < -0.3 is 5.32 Å². The normalized spacial score (nSPS) is 23.7. The molecule has 0 spiro atoms. The van der Waals surface area contributed by atoms with E-state index in [1.54, 1.807) is 12.1 Å². The molecule has 7 rings (SSSR count). The minimum atomic E-state index is -0.740. The summed E-state index contributed by atoms with van der Waals surface area (Å²) in [6, 6.07) is 20.2. The van der Waals surface area contributed by atoms with Crippen LogP contribution in [0.4, 0.5) is 15.2 Å². The van der Waals surface area contributed by atoms with Crippen molar-refractivity contribution in [1.29, 1.82) is 0 Å². The molecule has 0 radical (unpaired) electrons.